The largest absolute Gasteiger partial charge is 0.493 e. The van der Waals surface area contributed by atoms with Crippen LogP contribution in [0, 0.1) is 5.92 Å². The fraction of sp³-hybridized carbons (Fsp3) is 0.438. The van der Waals surface area contributed by atoms with Gasteiger partial charge >= 0.3 is 0 Å². The van der Waals surface area contributed by atoms with Crippen LogP contribution in [0.25, 0.3) is 10.9 Å². The zero-order chi connectivity index (χ0) is 17.5. The lowest BCUT2D eigenvalue weighted by molar-refractivity contribution is -0.121. The molecule has 1 aliphatic rings. The molecular formula is C16H19N3O4S. The third-order valence-corrected chi connectivity index (χ3v) is 5.97. The molecule has 1 saturated heterocycles. The predicted molar refractivity (Wildman–Crippen MR) is 90.3 cm³/mol. The molecule has 2 heterocycles. The summed E-state index contributed by atoms with van der Waals surface area (Å²) in [6.07, 6.45) is 0.278. The number of hydrogen-bond donors (Lipinski definition) is 1. The number of hydrogen-bond acceptors (Lipinski definition) is 5. The average molecular weight is 349 g/mol. The molecule has 1 aromatic carbocycles. The minimum atomic E-state index is -3.15. The van der Waals surface area contributed by atoms with E-state index in [1.54, 1.807) is 10.6 Å². The zero-order valence-corrected chi connectivity index (χ0v) is 14.3. The van der Waals surface area contributed by atoms with E-state index in [2.05, 4.69) is 10.2 Å². The lowest BCUT2D eigenvalue weighted by Gasteiger charge is -2.10. The summed E-state index contributed by atoms with van der Waals surface area (Å²) in [6, 6.07) is 7.34. The Morgan fingerprint density at radius 3 is 2.67 bits per heavy atom. The van der Waals surface area contributed by atoms with Gasteiger partial charge in [0.05, 0.1) is 22.9 Å². The number of nitrogens with zero attached hydrogens (tertiary/aromatic N) is 3. The van der Waals surface area contributed by atoms with E-state index in [1.807, 2.05) is 32.0 Å². The van der Waals surface area contributed by atoms with Crippen LogP contribution < -0.4 is 0 Å². The van der Waals surface area contributed by atoms with Gasteiger partial charge < -0.3 is 9.67 Å². The monoisotopic (exact) mass is 349 g/mol. The standard InChI is InChI=1S/C16H19N3O4S/c1-10(2)19-13-6-4-3-5-12(13)14(16(19)21)17-18-15(20)11-7-8-24(22,23)9-11/h3-6,10-11,21H,7-9H2,1-2H3/t11-/m1/s1. The Kier molecular flexibility index (Phi) is 4.16. The second-order valence-electron chi connectivity index (χ2n) is 6.29. The maximum Gasteiger partial charge on any atom is 0.268 e. The number of carbonyl (C=O) groups is 1. The van der Waals surface area contributed by atoms with E-state index in [4.69, 9.17) is 0 Å². The average Bonchev–Trinajstić information content (AvgIpc) is 3.01. The van der Waals surface area contributed by atoms with Gasteiger partial charge in [0, 0.05) is 11.4 Å². The van der Waals surface area contributed by atoms with E-state index >= 15 is 0 Å². The summed E-state index contributed by atoms with van der Waals surface area (Å²) >= 11 is 0. The van der Waals surface area contributed by atoms with Gasteiger partial charge in [-0.3, -0.25) is 4.79 Å². The maximum absolute atomic E-state index is 12.1. The quantitative estimate of drug-likeness (QED) is 0.861. The van der Waals surface area contributed by atoms with E-state index in [1.165, 1.54) is 0 Å². The minimum Gasteiger partial charge on any atom is -0.493 e. The molecule has 1 amide bonds. The smallest absolute Gasteiger partial charge is 0.268 e. The summed E-state index contributed by atoms with van der Waals surface area (Å²) in [5.74, 6) is -1.42. The molecule has 128 valence electrons. The van der Waals surface area contributed by atoms with Gasteiger partial charge in [0.2, 0.25) is 5.88 Å². The Hall–Kier alpha value is -2.22. The SMILES string of the molecule is CC(C)n1c(O)c(N=NC(=O)[C@@H]2CCS(=O)(=O)C2)c2ccccc21. The number of aromatic nitrogens is 1. The van der Waals surface area contributed by atoms with Crippen LogP contribution in [0.15, 0.2) is 34.5 Å². The zero-order valence-electron chi connectivity index (χ0n) is 13.5. The number of carbonyl (C=O) groups excluding carboxylic acids is 1. The Morgan fingerprint density at radius 1 is 1.33 bits per heavy atom. The molecule has 1 fully saturated rings. The number of azo groups is 1. The number of benzene rings is 1. The minimum absolute atomic E-state index is 0.00882. The van der Waals surface area contributed by atoms with Crippen molar-refractivity contribution in [1.29, 1.82) is 0 Å². The van der Waals surface area contributed by atoms with Gasteiger partial charge in [0.25, 0.3) is 5.91 Å². The van der Waals surface area contributed by atoms with Crippen molar-refractivity contribution in [3.8, 4) is 5.88 Å². The van der Waals surface area contributed by atoms with Crippen LogP contribution in [0.5, 0.6) is 5.88 Å². The highest BCUT2D eigenvalue weighted by Crippen LogP contribution is 2.40. The van der Waals surface area contributed by atoms with Crippen molar-refractivity contribution in [3.05, 3.63) is 24.3 Å². The lowest BCUT2D eigenvalue weighted by Crippen LogP contribution is -2.13. The number of para-hydroxylation sites is 1. The molecule has 7 nitrogen and oxygen atoms in total. The molecule has 1 aliphatic heterocycles. The predicted octanol–water partition coefficient (Wildman–Crippen LogP) is 2.97. The van der Waals surface area contributed by atoms with Gasteiger partial charge in [0.1, 0.15) is 0 Å². The Balaban J connectivity index is 1.96. The first kappa shape index (κ1) is 16.6. The van der Waals surface area contributed by atoms with E-state index < -0.39 is 21.7 Å². The summed E-state index contributed by atoms with van der Waals surface area (Å²) < 4.78 is 24.6. The number of fused-ring (bicyclic) bond motifs is 1. The molecule has 0 saturated carbocycles. The molecule has 0 bridgehead atoms. The molecule has 0 aliphatic carbocycles. The molecule has 1 N–H and O–H groups in total. The van der Waals surface area contributed by atoms with Crippen LogP contribution in [-0.2, 0) is 14.6 Å². The van der Waals surface area contributed by atoms with Gasteiger partial charge in [-0.25, -0.2) is 8.42 Å². The van der Waals surface area contributed by atoms with Gasteiger partial charge in [-0.2, -0.15) is 0 Å². The first-order valence-corrected chi connectivity index (χ1v) is 9.60. The van der Waals surface area contributed by atoms with Crippen LogP contribution in [0.1, 0.15) is 26.3 Å². The third kappa shape index (κ3) is 2.93. The number of sulfone groups is 1. The van der Waals surface area contributed by atoms with Crippen LogP contribution >= 0.6 is 0 Å². The molecule has 0 unspecified atom stereocenters. The van der Waals surface area contributed by atoms with Crippen molar-refractivity contribution in [3.63, 3.8) is 0 Å². The van der Waals surface area contributed by atoms with E-state index in [9.17, 15) is 18.3 Å². The van der Waals surface area contributed by atoms with Crippen LogP contribution in [0.2, 0.25) is 0 Å². The van der Waals surface area contributed by atoms with Gasteiger partial charge in [-0.15, -0.1) is 10.2 Å². The highest BCUT2D eigenvalue weighted by atomic mass is 32.2. The summed E-state index contributed by atoms with van der Waals surface area (Å²) in [5.41, 5.74) is 1.03. The number of rotatable bonds is 3. The Labute approximate surface area is 139 Å². The van der Waals surface area contributed by atoms with Gasteiger partial charge in [0.15, 0.2) is 15.5 Å². The maximum atomic E-state index is 12.1. The highest BCUT2D eigenvalue weighted by Gasteiger charge is 2.33. The second kappa shape index (κ2) is 6.01. The normalized spacial score (nSPS) is 20.4. The molecule has 0 radical (unpaired) electrons. The van der Waals surface area contributed by atoms with Crippen LogP contribution in [-0.4, -0.2) is 35.5 Å². The van der Waals surface area contributed by atoms with Crippen molar-refractivity contribution in [2.45, 2.75) is 26.3 Å². The number of amides is 1. The summed E-state index contributed by atoms with van der Waals surface area (Å²) in [7, 11) is -3.15. The van der Waals surface area contributed by atoms with Gasteiger partial charge in [-0.05, 0) is 26.3 Å². The van der Waals surface area contributed by atoms with Crippen molar-refractivity contribution in [2.24, 2.45) is 16.1 Å². The van der Waals surface area contributed by atoms with E-state index in [0.717, 1.165) is 5.52 Å². The molecule has 3 rings (SSSR count). The second-order valence-corrected chi connectivity index (χ2v) is 8.52. The highest BCUT2D eigenvalue weighted by molar-refractivity contribution is 7.91. The van der Waals surface area contributed by atoms with Crippen molar-refractivity contribution < 1.29 is 18.3 Å². The fourth-order valence-electron chi connectivity index (χ4n) is 3.02. The van der Waals surface area contributed by atoms with E-state index in [0.29, 0.717) is 5.39 Å². The first-order valence-electron chi connectivity index (χ1n) is 7.78. The fourth-order valence-corrected chi connectivity index (χ4v) is 4.76. The summed E-state index contributed by atoms with van der Waals surface area (Å²) in [6.45, 7) is 3.86. The topological polar surface area (TPSA) is 101 Å². The Morgan fingerprint density at radius 2 is 2.04 bits per heavy atom. The molecule has 1 aromatic heterocycles. The van der Waals surface area contributed by atoms with Crippen molar-refractivity contribution in [2.75, 3.05) is 11.5 Å². The molecule has 24 heavy (non-hydrogen) atoms. The van der Waals surface area contributed by atoms with Crippen LogP contribution in [0.3, 0.4) is 0 Å². The summed E-state index contributed by atoms with van der Waals surface area (Å²) in [4.78, 5) is 12.1. The molecule has 1 atom stereocenters. The lowest BCUT2D eigenvalue weighted by atomic mass is 10.1. The third-order valence-electron chi connectivity index (χ3n) is 4.21. The van der Waals surface area contributed by atoms with Crippen LogP contribution in [0.4, 0.5) is 5.69 Å². The molecule has 0 spiro atoms. The molecule has 2 aromatic rings. The Bertz CT molecular complexity index is 928. The van der Waals surface area contributed by atoms with E-state index in [-0.39, 0.29) is 35.5 Å². The summed E-state index contributed by atoms with van der Waals surface area (Å²) in [5, 5.41) is 18.8. The molecular weight excluding hydrogens is 330 g/mol. The van der Waals surface area contributed by atoms with Crippen molar-refractivity contribution in [1.82, 2.24) is 4.57 Å². The van der Waals surface area contributed by atoms with Gasteiger partial charge in [-0.1, -0.05) is 18.2 Å². The van der Waals surface area contributed by atoms with Crippen molar-refractivity contribution >= 4 is 32.3 Å². The molecule has 8 heteroatoms. The number of aromatic hydroxyl groups is 1. The first-order chi connectivity index (χ1) is 11.3.